The van der Waals surface area contributed by atoms with Crippen LogP contribution in [-0.4, -0.2) is 40.2 Å². The minimum atomic E-state index is -1.08. The maximum absolute atomic E-state index is 11.3. The van der Waals surface area contributed by atoms with E-state index in [9.17, 15) is 9.90 Å². The van der Waals surface area contributed by atoms with Gasteiger partial charge in [0.05, 0.1) is 35.5 Å². The van der Waals surface area contributed by atoms with E-state index in [-0.39, 0.29) is 39.1 Å². The Morgan fingerprint density at radius 1 is 0.914 bits per heavy atom. The molecule has 0 saturated carbocycles. The third-order valence-corrected chi connectivity index (χ3v) is 5.37. The molecule has 3 aromatic carbocycles. The number of carboxylic acids is 1. The first-order chi connectivity index (χ1) is 16.9. The third-order valence-electron chi connectivity index (χ3n) is 4.77. The van der Waals surface area contributed by atoms with Gasteiger partial charge in [-0.05, 0) is 54.6 Å². The highest BCUT2D eigenvalue weighted by atomic mass is 35.5. The molecule has 9 nitrogen and oxygen atoms in total. The summed E-state index contributed by atoms with van der Waals surface area (Å²) in [6.07, 6.45) is 0. The van der Waals surface area contributed by atoms with Crippen LogP contribution in [0.3, 0.4) is 0 Å². The molecule has 0 fully saturated rings. The van der Waals surface area contributed by atoms with Crippen molar-refractivity contribution in [3.8, 4) is 34.6 Å². The van der Waals surface area contributed by atoms with Crippen molar-refractivity contribution in [1.29, 1.82) is 0 Å². The number of nitrogens with one attached hydrogen (secondary N) is 1. The molecule has 0 aliphatic rings. The minimum absolute atomic E-state index is 0.0653. The smallest absolute Gasteiger partial charge is 0.335 e. The first kappa shape index (κ1) is 24.1. The second-order valence-electron chi connectivity index (χ2n) is 6.99. The van der Waals surface area contributed by atoms with Gasteiger partial charge >= 0.3 is 12.0 Å². The van der Waals surface area contributed by atoms with Gasteiger partial charge in [-0.3, -0.25) is 0 Å². The SMILES string of the molecule is COc1ccc(-c2nc(Nc3ccc(C(=O)O)cc3OC)nc(Oc3c(Cl)cccc3Cl)n2)cc1. The summed E-state index contributed by atoms with van der Waals surface area (Å²) < 4.78 is 16.4. The van der Waals surface area contributed by atoms with Crippen molar-refractivity contribution in [2.45, 2.75) is 0 Å². The van der Waals surface area contributed by atoms with Crippen LogP contribution in [0.25, 0.3) is 11.4 Å². The summed E-state index contributed by atoms with van der Waals surface area (Å²) in [5.41, 5.74) is 1.17. The van der Waals surface area contributed by atoms with Crippen LogP contribution in [0.4, 0.5) is 11.6 Å². The van der Waals surface area contributed by atoms with E-state index in [1.165, 1.54) is 19.2 Å². The zero-order chi connectivity index (χ0) is 24.9. The van der Waals surface area contributed by atoms with Crippen LogP contribution >= 0.6 is 23.2 Å². The van der Waals surface area contributed by atoms with Crippen LogP contribution in [-0.2, 0) is 0 Å². The highest BCUT2D eigenvalue weighted by Gasteiger charge is 2.16. The second kappa shape index (κ2) is 10.5. The Morgan fingerprint density at radius 2 is 1.63 bits per heavy atom. The number of rotatable bonds is 8. The second-order valence-corrected chi connectivity index (χ2v) is 7.81. The summed E-state index contributed by atoms with van der Waals surface area (Å²) in [7, 11) is 3.00. The predicted octanol–water partition coefficient (Wildman–Crippen LogP) is 6.10. The Kier molecular flexibility index (Phi) is 7.19. The molecule has 0 atom stereocenters. The first-order valence-corrected chi connectivity index (χ1v) is 10.8. The van der Waals surface area contributed by atoms with Gasteiger partial charge in [0.1, 0.15) is 11.5 Å². The lowest BCUT2D eigenvalue weighted by Crippen LogP contribution is -2.05. The molecule has 4 aromatic rings. The summed E-state index contributed by atoms with van der Waals surface area (Å²) in [6, 6.07) is 16.3. The molecule has 0 unspecified atom stereocenters. The van der Waals surface area contributed by atoms with E-state index in [0.29, 0.717) is 22.8 Å². The molecule has 0 radical (unpaired) electrons. The lowest BCUT2D eigenvalue weighted by molar-refractivity contribution is 0.0696. The average Bonchev–Trinajstić information content (AvgIpc) is 2.86. The molecular weight excluding hydrogens is 495 g/mol. The van der Waals surface area contributed by atoms with Crippen molar-refractivity contribution in [3.63, 3.8) is 0 Å². The number of aromatic carboxylic acids is 1. The summed E-state index contributed by atoms with van der Waals surface area (Å²) >= 11 is 12.5. The van der Waals surface area contributed by atoms with Crippen molar-refractivity contribution < 1.29 is 24.1 Å². The van der Waals surface area contributed by atoms with Gasteiger partial charge in [-0.1, -0.05) is 29.3 Å². The van der Waals surface area contributed by atoms with Gasteiger partial charge in [-0.2, -0.15) is 15.0 Å². The number of nitrogens with zero attached hydrogens (tertiary/aromatic N) is 3. The third kappa shape index (κ3) is 5.53. The van der Waals surface area contributed by atoms with Gasteiger partial charge in [0.15, 0.2) is 11.6 Å². The molecule has 11 heteroatoms. The van der Waals surface area contributed by atoms with E-state index >= 15 is 0 Å². The normalized spacial score (nSPS) is 10.5. The summed E-state index contributed by atoms with van der Waals surface area (Å²) in [5.74, 6) is 0.479. The van der Waals surface area contributed by atoms with Gasteiger partial charge < -0.3 is 24.6 Å². The minimum Gasteiger partial charge on any atom is -0.497 e. The molecule has 0 saturated heterocycles. The van der Waals surface area contributed by atoms with Crippen LogP contribution in [0, 0.1) is 0 Å². The molecule has 0 aliphatic heterocycles. The Bertz CT molecular complexity index is 1360. The number of anilines is 2. The van der Waals surface area contributed by atoms with Crippen molar-refractivity contribution in [2.75, 3.05) is 19.5 Å². The van der Waals surface area contributed by atoms with Gasteiger partial charge in [0, 0.05) is 5.56 Å². The van der Waals surface area contributed by atoms with Gasteiger partial charge in [-0.25, -0.2) is 4.79 Å². The topological polar surface area (TPSA) is 116 Å². The number of benzene rings is 3. The molecule has 1 heterocycles. The Labute approximate surface area is 210 Å². The molecule has 0 spiro atoms. The number of ether oxygens (including phenoxy) is 3. The number of carbonyl (C=O) groups is 1. The van der Waals surface area contributed by atoms with Crippen LogP contribution in [0.5, 0.6) is 23.3 Å². The molecular formula is C24H18Cl2N4O5. The number of carboxylic acid groups (broad SMARTS) is 1. The van der Waals surface area contributed by atoms with Crippen molar-refractivity contribution in [2.24, 2.45) is 0 Å². The molecule has 0 aliphatic carbocycles. The summed E-state index contributed by atoms with van der Waals surface area (Å²) in [6.45, 7) is 0. The fourth-order valence-electron chi connectivity index (χ4n) is 3.05. The number of hydrogen-bond donors (Lipinski definition) is 2. The molecule has 0 bridgehead atoms. The summed E-state index contributed by atoms with van der Waals surface area (Å²) in [5, 5.41) is 12.8. The van der Waals surface area contributed by atoms with E-state index in [1.54, 1.807) is 55.6 Å². The van der Waals surface area contributed by atoms with Crippen LogP contribution in [0.1, 0.15) is 10.4 Å². The Balaban J connectivity index is 1.77. The fourth-order valence-corrected chi connectivity index (χ4v) is 3.52. The van der Waals surface area contributed by atoms with Gasteiger partial charge in [0.25, 0.3) is 0 Å². The van der Waals surface area contributed by atoms with E-state index in [0.717, 1.165) is 0 Å². The maximum atomic E-state index is 11.3. The average molecular weight is 513 g/mol. The number of halogens is 2. The highest BCUT2D eigenvalue weighted by Crippen LogP contribution is 2.36. The lowest BCUT2D eigenvalue weighted by Gasteiger charge is -2.13. The zero-order valence-corrected chi connectivity index (χ0v) is 20.0. The Morgan fingerprint density at radius 3 is 2.26 bits per heavy atom. The first-order valence-electron chi connectivity index (χ1n) is 10.1. The number of aromatic nitrogens is 3. The van der Waals surface area contributed by atoms with Gasteiger partial charge in [-0.15, -0.1) is 0 Å². The number of methoxy groups -OCH3 is 2. The Hall–Kier alpha value is -4.08. The molecule has 0 amide bonds. The largest absolute Gasteiger partial charge is 0.497 e. The fraction of sp³-hybridized carbons (Fsp3) is 0.0833. The quantitative estimate of drug-likeness (QED) is 0.288. The van der Waals surface area contributed by atoms with Crippen molar-refractivity contribution in [3.05, 3.63) is 76.3 Å². The van der Waals surface area contributed by atoms with Crippen molar-refractivity contribution >= 4 is 40.8 Å². The molecule has 4 rings (SSSR count). The zero-order valence-electron chi connectivity index (χ0n) is 18.5. The standard InChI is InChI=1S/C24H18Cl2N4O5/c1-33-15-9-6-13(7-10-15)21-28-23(27-18-11-8-14(22(31)32)12-19(18)34-2)30-24(29-21)35-20-16(25)4-3-5-17(20)26/h3-12H,1-2H3,(H,31,32)(H,27,28,29,30). The van der Waals surface area contributed by atoms with E-state index in [2.05, 4.69) is 20.3 Å². The van der Waals surface area contributed by atoms with Crippen LogP contribution < -0.4 is 19.5 Å². The molecule has 35 heavy (non-hydrogen) atoms. The van der Waals surface area contributed by atoms with Crippen LogP contribution in [0.2, 0.25) is 10.0 Å². The molecule has 1 aromatic heterocycles. The monoisotopic (exact) mass is 512 g/mol. The molecule has 178 valence electrons. The van der Waals surface area contributed by atoms with Crippen molar-refractivity contribution in [1.82, 2.24) is 15.0 Å². The van der Waals surface area contributed by atoms with Crippen LogP contribution in [0.15, 0.2) is 60.7 Å². The lowest BCUT2D eigenvalue weighted by atomic mass is 10.2. The van der Waals surface area contributed by atoms with E-state index < -0.39 is 5.97 Å². The number of hydrogen-bond acceptors (Lipinski definition) is 8. The summed E-state index contributed by atoms with van der Waals surface area (Å²) in [4.78, 5) is 24.5. The maximum Gasteiger partial charge on any atom is 0.335 e. The molecule has 2 N–H and O–H groups in total. The van der Waals surface area contributed by atoms with Gasteiger partial charge in [0.2, 0.25) is 5.95 Å². The highest BCUT2D eigenvalue weighted by molar-refractivity contribution is 6.37. The van der Waals surface area contributed by atoms with E-state index in [4.69, 9.17) is 37.4 Å². The number of para-hydroxylation sites is 1. The van der Waals surface area contributed by atoms with E-state index in [1.807, 2.05) is 0 Å². The predicted molar refractivity (Wildman–Crippen MR) is 132 cm³/mol.